The zero-order chi connectivity index (χ0) is 35.3. The van der Waals surface area contributed by atoms with E-state index in [1.807, 2.05) is 19.9 Å². The van der Waals surface area contributed by atoms with E-state index in [0.29, 0.717) is 63.3 Å². The number of Topliss-reactive ketones (excluding diaryl/α,β-unsaturated/α-hetero) is 1. The number of ether oxygens (including phenoxy) is 1. The highest BCUT2D eigenvalue weighted by Gasteiger charge is 2.66. The molecule has 11 nitrogen and oxygen atoms in total. The smallest absolute Gasteiger partial charge is 0.326 e. The molecular weight excluding hydrogens is 616 g/mol. The molecule has 4 N–H and O–H groups in total. The van der Waals surface area contributed by atoms with Gasteiger partial charge in [0, 0.05) is 31.2 Å². The monoisotopic (exact) mass is 672 g/mol. The molecule has 0 bridgehead atoms. The van der Waals surface area contributed by atoms with Crippen LogP contribution in [-0.4, -0.2) is 70.3 Å². The molecule has 0 spiro atoms. The minimum atomic E-state index is -1.56. The number of carbonyl (C=O) groups excluding carboxylic acids is 5. The van der Waals surface area contributed by atoms with Crippen molar-refractivity contribution in [1.82, 2.24) is 10.6 Å². The fourth-order valence-electron chi connectivity index (χ4n) is 9.42. The summed E-state index contributed by atoms with van der Waals surface area (Å²) in [5.74, 6) is -1.75. The maximum Gasteiger partial charge on any atom is 0.326 e. The summed E-state index contributed by atoms with van der Waals surface area (Å²) in [7, 11) is 0. The first kappa shape index (κ1) is 37.7. The van der Waals surface area contributed by atoms with Crippen LogP contribution in [-0.2, 0) is 33.5 Å². The van der Waals surface area contributed by atoms with E-state index in [4.69, 9.17) is 4.74 Å². The van der Waals surface area contributed by atoms with Gasteiger partial charge in [-0.2, -0.15) is 0 Å². The van der Waals surface area contributed by atoms with E-state index in [9.17, 15) is 39.0 Å². The number of esters is 1. The van der Waals surface area contributed by atoms with Gasteiger partial charge in [-0.05, 0) is 93.0 Å². The van der Waals surface area contributed by atoms with Crippen LogP contribution in [0.4, 0.5) is 0 Å². The molecule has 0 aromatic carbocycles. The van der Waals surface area contributed by atoms with Crippen LogP contribution in [0, 0.1) is 34.5 Å². The third-order valence-electron chi connectivity index (χ3n) is 12.7. The summed E-state index contributed by atoms with van der Waals surface area (Å²) >= 11 is 0. The number of rotatable bonds is 16. The highest BCUT2D eigenvalue weighted by Crippen LogP contribution is 2.67. The number of hydrogen-bond donors (Lipinski definition) is 4. The summed E-state index contributed by atoms with van der Waals surface area (Å²) in [4.78, 5) is 73.7. The van der Waals surface area contributed by atoms with Crippen molar-refractivity contribution in [3.8, 4) is 0 Å². The van der Waals surface area contributed by atoms with Gasteiger partial charge in [-0.1, -0.05) is 46.1 Å². The number of allylic oxidation sites excluding steroid dienone is 1. The van der Waals surface area contributed by atoms with Crippen LogP contribution in [0.2, 0.25) is 0 Å². The number of carboxylic acids is 1. The van der Waals surface area contributed by atoms with E-state index in [2.05, 4.69) is 17.6 Å². The van der Waals surface area contributed by atoms with Gasteiger partial charge in [-0.3, -0.25) is 24.0 Å². The maximum absolute atomic E-state index is 13.4. The third kappa shape index (κ3) is 7.87. The van der Waals surface area contributed by atoms with Crippen molar-refractivity contribution in [2.75, 3.05) is 13.2 Å². The van der Waals surface area contributed by atoms with Crippen molar-refractivity contribution < 1.29 is 43.7 Å². The van der Waals surface area contributed by atoms with Gasteiger partial charge in [0.05, 0.1) is 6.42 Å². The first-order chi connectivity index (χ1) is 22.7. The lowest BCUT2D eigenvalue weighted by molar-refractivity contribution is -0.170. The molecule has 0 radical (unpaired) electrons. The van der Waals surface area contributed by atoms with Gasteiger partial charge in [0.25, 0.3) is 0 Å². The summed E-state index contributed by atoms with van der Waals surface area (Å²) < 4.78 is 5.26. The third-order valence-corrected chi connectivity index (χ3v) is 12.7. The maximum atomic E-state index is 13.4. The van der Waals surface area contributed by atoms with Crippen molar-refractivity contribution in [3.05, 3.63) is 11.6 Å². The molecule has 0 heterocycles. The molecule has 0 aliphatic heterocycles. The Kier molecular flexibility index (Phi) is 12.3. The molecule has 4 aliphatic carbocycles. The highest BCUT2D eigenvalue weighted by atomic mass is 16.5. The Bertz CT molecular complexity index is 1300. The summed E-state index contributed by atoms with van der Waals surface area (Å²) in [6.45, 7) is 7.85. The fourth-order valence-corrected chi connectivity index (χ4v) is 9.42. The standard InChI is InChI=1S/C37H56N2O9/c1-5-23(2)33(34(45)46)39-31(43)9-7-6-8-20-38-30(42)12-13-32(44)48-22-29(41)37(47)19-16-28-26-11-10-24-21-25(40)14-17-35(24,3)27(26)15-18-36(28,37)4/h21,23,26-28,33,47H,5-20,22H2,1-4H3,(H,38,42)(H,39,43)(H,45,46)/t23-,26-,27+,28+,33-,35+,36+,37+/m1/s1. The Balaban J connectivity index is 1.14. The van der Waals surface area contributed by atoms with Gasteiger partial charge in [0.1, 0.15) is 11.6 Å². The molecule has 2 amide bonds. The average molecular weight is 673 g/mol. The quantitative estimate of drug-likeness (QED) is 0.136. The van der Waals surface area contributed by atoms with Crippen LogP contribution in [0.1, 0.15) is 124 Å². The number of hydrogen-bond acceptors (Lipinski definition) is 8. The number of ketones is 2. The Morgan fingerprint density at radius 1 is 0.938 bits per heavy atom. The average Bonchev–Trinajstić information content (AvgIpc) is 3.33. The van der Waals surface area contributed by atoms with Gasteiger partial charge >= 0.3 is 11.9 Å². The molecule has 11 heteroatoms. The molecule has 4 rings (SSSR count). The Labute approximate surface area is 284 Å². The number of carboxylic acid groups (broad SMARTS) is 1. The van der Waals surface area contributed by atoms with Crippen molar-refractivity contribution in [3.63, 3.8) is 0 Å². The van der Waals surface area contributed by atoms with Crippen molar-refractivity contribution >= 4 is 35.3 Å². The molecule has 3 fully saturated rings. The number of unbranched alkanes of at least 4 members (excludes halogenated alkanes) is 2. The fraction of sp³-hybridized carbons (Fsp3) is 0.784. The predicted molar refractivity (Wildman–Crippen MR) is 177 cm³/mol. The molecular formula is C37H56N2O9. The first-order valence-electron chi connectivity index (χ1n) is 18.1. The van der Waals surface area contributed by atoms with Crippen molar-refractivity contribution in [2.45, 2.75) is 136 Å². The molecule has 268 valence electrons. The Morgan fingerprint density at radius 3 is 2.38 bits per heavy atom. The SMILES string of the molecule is CC[C@@H](C)[C@@H](NC(=O)CCCCCNC(=O)CCC(=O)OCC(=O)[C@@]1(O)CC[C@H]2[C@@H]3CCC4=CC(=O)CC[C@]4(C)[C@H]3CC[C@@]21C)C(=O)O. The van der Waals surface area contributed by atoms with Crippen LogP contribution in [0.3, 0.4) is 0 Å². The lowest BCUT2D eigenvalue weighted by Gasteiger charge is -2.58. The molecule has 8 atom stereocenters. The largest absolute Gasteiger partial charge is 0.480 e. The van der Waals surface area contributed by atoms with Crippen LogP contribution in [0.5, 0.6) is 0 Å². The zero-order valence-electron chi connectivity index (χ0n) is 29.2. The van der Waals surface area contributed by atoms with Gasteiger partial charge < -0.3 is 25.6 Å². The lowest BCUT2D eigenvalue weighted by Crippen LogP contribution is -2.58. The Hall–Kier alpha value is -3.08. The second kappa shape index (κ2) is 15.6. The van der Waals surface area contributed by atoms with Crippen LogP contribution < -0.4 is 10.6 Å². The first-order valence-corrected chi connectivity index (χ1v) is 18.1. The van der Waals surface area contributed by atoms with E-state index in [-0.39, 0.29) is 54.1 Å². The highest BCUT2D eigenvalue weighted by molar-refractivity contribution is 5.92. The summed E-state index contributed by atoms with van der Waals surface area (Å²) in [5, 5.41) is 26.5. The summed E-state index contributed by atoms with van der Waals surface area (Å²) in [6, 6.07) is -0.904. The van der Waals surface area contributed by atoms with E-state index in [1.54, 1.807) is 6.92 Å². The normalized spacial score (nSPS) is 32.1. The number of aliphatic carboxylic acids is 1. The van der Waals surface area contributed by atoms with Crippen LogP contribution in [0.15, 0.2) is 11.6 Å². The molecule has 4 aliphatic rings. The Morgan fingerprint density at radius 2 is 1.67 bits per heavy atom. The van der Waals surface area contributed by atoms with E-state index >= 15 is 0 Å². The number of nitrogens with one attached hydrogen (secondary N) is 2. The van der Waals surface area contributed by atoms with Crippen LogP contribution in [0.25, 0.3) is 0 Å². The summed E-state index contributed by atoms with van der Waals surface area (Å²) in [5.41, 5.74) is -0.879. The molecule has 0 saturated heterocycles. The minimum absolute atomic E-state index is 0.00454. The second-order valence-electron chi connectivity index (χ2n) is 15.3. The minimum Gasteiger partial charge on any atom is -0.480 e. The zero-order valence-corrected chi connectivity index (χ0v) is 29.2. The van der Waals surface area contributed by atoms with Gasteiger partial charge in [-0.15, -0.1) is 0 Å². The van der Waals surface area contributed by atoms with E-state index in [1.165, 1.54) is 5.57 Å². The molecule has 0 unspecified atom stereocenters. The van der Waals surface area contributed by atoms with Gasteiger partial charge in [-0.25, -0.2) is 4.79 Å². The topological polar surface area (TPSA) is 176 Å². The lowest BCUT2D eigenvalue weighted by atomic mass is 9.46. The number of amides is 2. The summed E-state index contributed by atoms with van der Waals surface area (Å²) in [6.07, 6.45) is 10.3. The van der Waals surface area contributed by atoms with E-state index in [0.717, 1.165) is 32.1 Å². The molecule has 3 saturated carbocycles. The van der Waals surface area contributed by atoms with Gasteiger partial charge in [0.2, 0.25) is 17.6 Å². The van der Waals surface area contributed by atoms with Crippen molar-refractivity contribution in [2.24, 2.45) is 34.5 Å². The second-order valence-corrected chi connectivity index (χ2v) is 15.3. The molecule has 0 aromatic rings. The number of aliphatic hydroxyl groups is 1. The molecule has 0 aromatic heterocycles. The number of carbonyl (C=O) groups is 6. The molecule has 48 heavy (non-hydrogen) atoms. The predicted octanol–water partition coefficient (Wildman–Crippen LogP) is 4.43. The van der Waals surface area contributed by atoms with E-state index < -0.39 is 41.4 Å². The number of fused-ring (bicyclic) bond motifs is 5. The van der Waals surface area contributed by atoms with Crippen molar-refractivity contribution in [1.29, 1.82) is 0 Å². The van der Waals surface area contributed by atoms with Gasteiger partial charge in [0.15, 0.2) is 12.4 Å². The van der Waals surface area contributed by atoms with Crippen LogP contribution >= 0.6 is 0 Å².